The molecule has 1 aliphatic heterocycles. The summed E-state index contributed by atoms with van der Waals surface area (Å²) in [5, 5.41) is 14.0. The van der Waals surface area contributed by atoms with Crippen LogP contribution in [-0.4, -0.2) is 49.8 Å². The molecule has 3 aromatic rings. The van der Waals surface area contributed by atoms with E-state index in [0.717, 1.165) is 0 Å². The fourth-order valence-electron chi connectivity index (χ4n) is 4.07. The lowest BCUT2D eigenvalue weighted by molar-refractivity contribution is -0.253. The number of aromatic nitrogens is 3. The molecule has 4 N–H and O–H groups in total. The molecule has 10 nitrogen and oxygen atoms in total. The number of amides is 2. The largest absolute Gasteiger partial charge is 0.491 e. The second kappa shape index (κ2) is 8.79. The Morgan fingerprint density at radius 3 is 2.94 bits per heavy atom. The monoisotopic (exact) mass is 475 g/mol. The number of benzene rings is 1. The van der Waals surface area contributed by atoms with E-state index in [0.29, 0.717) is 34.0 Å². The first kappa shape index (κ1) is 23.2. The van der Waals surface area contributed by atoms with E-state index in [-0.39, 0.29) is 6.61 Å². The van der Waals surface area contributed by atoms with E-state index in [2.05, 4.69) is 15.3 Å². The van der Waals surface area contributed by atoms with Gasteiger partial charge in [-0.2, -0.15) is 0 Å². The third kappa shape index (κ3) is 5.19. The van der Waals surface area contributed by atoms with Gasteiger partial charge in [0.1, 0.15) is 47.4 Å². The molecular weight excluding hydrogens is 450 g/mol. The minimum absolute atomic E-state index is 0.137. The lowest BCUT2D eigenvalue weighted by Gasteiger charge is -2.35. The summed E-state index contributed by atoms with van der Waals surface area (Å²) in [6.45, 7) is 5.15. The highest BCUT2D eigenvalue weighted by Crippen LogP contribution is 2.42. The zero-order valence-electron chi connectivity index (χ0n) is 18.5. The summed E-state index contributed by atoms with van der Waals surface area (Å²) in [5.74, 6) is -0.870. The summed E-state index contributed by atoms with van der Waals surface area (Å²) in [5.41, 5.74) is 5.45. The average Bonchev–Trinajstić information content (AvgIpc) is 3.26. The van der Waals surface area contributed by atoms with Gasteiger partial charge in [0, 0.05) is 24.4 Å². The van der Waals surface area contributed by atoms with Crippen LogP contribution in [0.3, 0.4) is 0 Å². The maximum absolute atomic E-state index is 11.1. The molecule has 33 heavy (non-hydrogen) atoms. The molecule has 3 heterocycles. The number of ether oxygens (including phenoxy) is 3. The van der Waals surface area contributed by atoms with Crippen molar-refractivity contribution in [1.29, 1.82) is 0 Å². The number of fused-ring (bicyclic) bond motifs is 1. The van der Waals surface area contributed by atoms with Gasteiger partial charge in [-0.1, -0.05) is 17.7 Å². The summed E-state index contributed by atoms with van der Waals surface area (Å²) >= 11 is 6.19. The Morgan fingerprint density at radius 2 is 2.21 bits per heavy atom. The molecule has 0 saturated carbocycles. The van der Waals surface area contributed by atoms with E-state index in [9.17, 15) is 9.90 Å². The highest BCUT2D eigenvalue weighted by molar-refractivity contribution is 6.33. The minimum atomic E-state index is -1.39. The molecule has 0 unspecified atom stereocenters. The molecule has 1 aromatic carbocycles. The predicted octanol–water partition coefficient (Wildman–Crippen LogP) is 3.45. The Morgan fingerprint density at radius 1 is 1.42 bits per heavy atom. The first-order valence-corrected chi connectivity index (χ1v) is 10.8. The van der Waals surface area contributed by atoms with Crippen molar-refractivity contribution in [3.8, 4) is 5.75 Å². The van der Waals surface area contributed by atoms with Gasteiger partial charge in [0.25, 0.3) is 0 Å². The minimum Gasteiger partial charge on any atom is -0.491 e. The van der Waals surface area contributed by atoms with E-state index in [1.165, 1.54) is 6.33 Å². The number of aliphatic hydroxyl groups is 1. The Bertz CT molecular complexity index is 1160. The number of nitrogens with two attached hydrogens (primary N) is 1. The van der Waals surface area contributed by atoms with Crippen molar-refractivity contribution in [2.24, 2.45) is 5.73 Å². The number of rotatable bonds is 7. The van der Waals surface area contributed by atoms with Gasteiger partial charge in [-0.15, -0.1) is 0 Å². The zero-order valence-corrected chi connectivity index (χ0v) is 19.2. The van der Waals surface area contributed by atoms with Crippen LogP contribution < -0.4 is 15.8 Å². The second-order valence-corrected chi connectivity index (χ2v) is 8.96. The lowest BCUT2D eigenvalue weighted by atomic mass is 9.96. The van der Waals surface area contributed by atoms with E-state index >= 15 is 0 Å². The number of carbonyl (C=O) groups excluding carboxylic acids is 1. The highest BCUT2D eigenvalue weighted by Gasteiger charge is 2.50. The Kier molecular flexibility index (Phi) is 6.19. The van der Waals surface area contributed by atoms with Crippen LogP contribution in [0.15, 0.2) is 42.9 Å². The van der Waals surface area contributed by atoms with Gasteiger partial charge in [-0.3, -0.25) is 0 Å². The molecule has 0 bridgehead atoms. The van der Waals surface area contributed by atoms with Crippen LogP contribution in [0.2, 0.25) is 5.15 Å². The van der Waals surface area contributed by atoms with Gasteiger partial charge in [0.05, 0.1) is 5.39 Å². The van der Waals surface area contributed by atoms with Crippen LogP contribution in [0.4, 0.5) is 10.5 Å². The standard InChI is InChI=1S/C22H26ClN5O5/c1-21(2,30)33-22(3)10-17(28-8-7-15-18(23)25-12-26-19(15)28)32-16(22)11-31-14-6-4-5-13(9-14)27-20(24)29/h4-9,12,16-17,30H,10-11H2,1-3H3,(H3,24,27,29)/t16-,17-,22+/m1/s1. The number of nitrogens with zero attached hydrogens (tertiary/aromatic N) is 3. The number of anilines is 1. The van der Waals surface area contributed by atoms with Gasteiger partial charge < -0.3 is 34.9 Å². The van der Waals surface area contributed by atoms with Crippen LogP contribution in [0.5, 0.6) is 5.75 Å². The molecule has 176 valence electrons. The van der Waals surface area contributed by atoms with Crippen LogP contribution in [0.1, 0.15) is 33.4 Å². The zero-order chi connectivity index (χ0) is 23.8. The molecule has 1 saturated heterocycles. The van der Waals surface area contributed by atoms with Crippen molar-refractivity contribution >= 4 is 34.4 Å². The SMILES string of the molecule is CC(C)(O)O[C@@]1(C)C[C@H](n2ccc3c(Cl)ncnc32)O[C@@H]1COc1cccc(NC(N)=O)c1. The van der Waals surface area contributed by atoms with Crippen molar-refractivity contribution in [2.75, 3.05) is 11.9 Å². The maximum Gasteiger partial charge on any atom is 0.316 e. The molecule has 1 fully saturated rings. The number of primary amides is 1. The Hall–Kier alpha value is -2.92. The van der Waals surface area contributed by atoms with Crippen molar-refractivity contribution in [3.63, 3.8) is 0 Å². The number of hydrogen-bond acceptors (Lipinski definition) is 7. The van der Waals surface area contributed by atoms with Gasteiger partial charge in [-0.05, 0) is 39.0 Å². The molecule has 11 heteroatoms. The normalized spacial score (nSPS) is 23.1. The second-order valence-electron chi connectivity index (χ2n) is 8.60. The number of urea groups is 1. The molecule has 2 amide bonds. The van der Waals surface area contributed by atoms with Gasteiger partial charge in [0.2, 0.25) is 0 Å². The first-order valence-electron chi connectivity index (χ1n) is 10.4. The molecule has 3 atom stereocenters. The van der Waals surface area contributed by atoms with Crippen molar-refractivity contribution in [1.82, 2.24) is 14.5 Å². The van der Waals surface area contributed by atoms with Gasteiger partial charge in [-0.25, -0.2) is 14.8 Å². The van der Waals surface area contributed by atoms with E-state index in [1.807, 2.05) is 23.8 Å². The summed E-state index contributed by atoms with van der Waals surface area (Å²) in [6.07, 6.45) is 2.70. The molecular formula is C22H26ClN5O5. The Balaban J connectivity index is 1.57. The summed E-state index contributed by atoms with van der Waals surface area (Å²) < 4.78 is 20.2. The van der Waals surface area contributed by atoms with Crippen molar-refractivity contribution in [3.05, 3.63) is 48.0 Å². The molecule has 0 spiro atoms. The quantitative estimate of drug-likeness (QED) is 0.352. The third-order valence-corrected chi connectivity index (χ3v) is 5.64. The van der Waals surface area contributed by atoms with E-state index < -0.39 is 29.8 Å². The highest BCUT2D eigenvalue weighted by atomic mass is 35.5. The van der Waals surface area contributed by atoms with Crippen LogP contribution >= 0.6 is 11.6 Å². The summed E-state index contributed by atoms with van der Waals surface area (Å²) in [4.78, 5) is 19.5. The summed E-state index contributed by atoms with van der Waals surface area (Å²) in [6, 6.07) is 8.01. The smallest absolute Gasteiger partial charge is 0.316 e. The number of nitrogens with one attached hydrogen (secondary N) is 1. The van der Waals surface area contributed by atoms with Crippen LogP contribution in [0.25, 0.3) is 11.0 Å². The fourth-order valence-corrected chi connectivity index (χ4v) is 4.26. The van der Waals surface area contributed by atoms with Crippen LogP contribution in [-0.2, 0) is 9.47 Å². The molecule has 0 radical (unpaired) electrons. The number of carbonyl (C=O) groups is 1. The summed E-state index contributed by atoms with van der Waals surface area (Å²) in [7, 11) is 0. The lowest BCUT2D eigenvalue weighted by Crippen LogP contribution is -2.47. The molecule has 1 aliphatic rings. The van der Waals surface area contributed by atoms with E-state index in [1.54, 1.807) is 38.1 Å². The Labute approximate surface area is 195 Å². The molecule has 0 aliphatic carbocycles. The molecule has 4 rings (SSSR count). The topological polar surface area (TPSA) is 134 Å². The number of hydrogen-bond donors (Lipinski definition) is 3. The van der Waals surface area contributed by atoms with E-state index in [4.69, 9.17) is 31.5 Å². The number of halogens is 1. The third-order valence-electron chi connectivity index (χ3n) is 5.34. The predicted molar refractivity (Wildman–Crippen MR) is 122 cm³/mol. The van der Waals surface area contributed by atoms with Crippen LogP contribution in [0, 0.1) is 0 Å². The van der Waals surface area contributed by atoms with Gasteiger partial charge in [0.15, 0.2) is 5.79 Å². The molecule has 2 aromatic heterocycles. The van der Waals surface area contributed by atoms with Crippen molar-refractivity contribution in [2.45, 2.75) is 50.9 Å². The first-order chi connectivity index (χ1) is 15.5. The maximum atomic E-state index is 11.1. The average molecular weight is 476 g/mol. The fraction of sp³-hybridized carbons (Fsp3) is 0.409. The van der Waals surface area contributed by atoms with Crippen molar-refractivity contribution < 1.29 is 24.1 Å². The van der Waals surface area contributed by atoms with Gasteiger partial charge >= 0.3 is 6.03 Å².